The normalized spacial score (nSPS) is 14.3. The number of hydrogen-bond donors (Lipinski definition) is 2. The number of hydrogen-bond acceptors (Lipinski definition) is 6. The molecule has 0 aromatic heterocycles. The number of quaternary nitrogens is 1. The molecule has 0 radical (unpaired) electrons. The van der Waals surface area contributed by atoms with Crippen molar-refractivity contribution in [1.29, 1.82) is 0 Å². The van der Waals surface area contributed by atoms with Gasteiger partial charge in [-0.2, -0.15) is 0 Å². The first kappa shape index (κ1) is 62.7. The molecule has 3 unspecified atom stereocenters. The second kappa shape index (κ2) is 46.8. The maximum Gasteiger partial charge on any atom is 0.268 e. The number of unbranched alkanes of at least 4 members (excludes halogenated alkanes) is 33. The Kier molecular flexibility index (Phi) is 45.9. The largest absolute Gasteiger partial charge is 0.756 e. The molecule has 0 fully saturated rings. The molecule has 0 saturated heterocycles. The maximum atomic E-state index is 12.9. The fourth-order valence-corrected chi connectivity index (χ4v) is 8.71. The minimum atomic E-state index is -4.60. The first-order valence-electron chi connectivity index (χ1n) is 27.4. The van der Waals surface area contributed by atoms with Gasteiger partial charge in [0, 0.05) is 6.42 Å². The van der Waals surface area contributed by atoms with E-state index >= 15 is 0 Å². The lowest BCUT2D eigenvalue weighted by molar-refractivity contribution is -0.870. The molecule has 8 nitrogen and oxygen atoms in total. The molecule has 0 saturated carbocycles. The molecule has 9 heteroatoms. The van der Waals surface area contributed by atoms with Gasteiger partial charge in [-0.25, -0.2) is 0 Å². The molecule has 0 spiro atoms. The number of aliphatic hydroxyl groups excluding tert-OH is 1. The van der Waals surface area contributed by atoms with Gasteiger partial charge in [0.15, 0.2) is 0 Å². The number of aliphatic hydroxyl groups is 1. The summed E-state index contributed by atoms with van der Waals surface area (Å²) in [5, 5.41) is 13.8. The fraction of sp³-hybridized carbons (Fsp3) is 0.873. The van der Waals surface area contributed by atoms with Crippen molar-refractivity contribution in [3.05, 3.63) is 36.5 Å². The summed E-state index contributed by atoms with van der Waals surface area (Å²) in [6, 6.07) is -0.902. The van der Waals surface area contributed by atoms with Gasteiger partial charge in [-0.3, -0.25) is 9.36 Å². The van der Waals surface area contributed by atoms with Gasteiger partial charge in [0.05, 0.1) is 39.9 Å². The summed E-state index contributed by atoms with van der Waals surface area (Å²) in [6.45, 7) is 4.64. The number of carbonyl (C=O) groups excluding carboxylic acids is 1. The third-order valence-electron chi connectivity index (χ3n) is 12.3. The molecule has 378 valence electrons. The van der Waals surface area contributed by atoms with Crippen molar-refractivity contribution in [1.82, 2.24) is 5.32 Å². The van der Waals surface area contributed by atoms with E-state index in [9.17, 15) is 19.4 Å². The first-order chi connectivity index (χ1) is 31.0. The molecule has 0 rings (SSSR count). The van der Waals surface area contributed by atoms with Crippen molar-refractivity contribution in [2.75, 3.05) is 40.9 Å². The summed E-state index contributed by atoms with van der Waals surface area (Å²) in [4.78, 5) is 25.4. The van der Waals surface area contributed by atoms with Crippen LogP contribution in [0.5, 0.6) is 0 Å². The highest BCUT2D eigenvalue weighted by atomic mass is 31.2. The molecular weight excluding hydrogens is 816 g/mol. The summed E-state index contributed by atoms with van der Waals surface area (Å²) in [5.74, 6) is -0.206. The summed E-state index contributed by atoms with van der Waals surface area (Å²) in [6.07, 6.45) is 59.3. The smallest absolute Gasteiger partial charge is 0.268 e. The van der Waals surface area contributed by atoms with Gasteiger partial charge in [-0.1, -0.05) is 230 Å². The molecule has 64 heavy (non-hydrogen) atoms. The number of likely N-dealkylation sites (N-methyl/N-ethyl adjacent to an activating group) is 1. The molecule has 0 aliphatic carbocycles. The van der Waals surface area contributed by atoms with Crippen molar-refractivity contribution in [3.8, 4) is 0 Å². The van der Waals surface area contributed by atoms with E-state index in [0.29, 0.717) is 17.4 Å². The van der Waals surface area contributed by atoms with Gasteiger partial charge in [-0.15, -0.1) is 0 Å². The Labute approximate surface area is 397 Å². The van der Waals surface area contributed by atoms with Gasteiger partial charge in [0.2, 0.25) is 5.91 Å². The van der Waals surface area contributed by atoms with Crippen LogP contribution in [-0.4, -0.2) is 68.5 Å². The summed E-state index contributed by atoms with van der Waals surface area (Å²) in [5.41, 5.74) is 0. The monoisotopic (exact) mass is 923 g/mol. The summed E-state index contributed by atoms with van der Waals surface area (Å²) < 4.78 is 23.3. The summed E-state index contributed by atoms with van der Waals surface area (Å²) >= 11 is 0. The number of phosphoric ester groups is 1. The Morgan fingerprint density at radius 1 is 0.531 bits per heavy atom. The average molecular weight is 923 g/mol. The minimum Gasteiger partial charge on any atom is -0.756 e. The Hall–Kier alpha value is -1.28. The van der Waals surface area contributed by atoms with Crippen LogP contribution in [0.1, 0.15) is 258 Å². The van der Waals surface area contributed by atoms with Crippen molar-refractivity contribution in [2.45, 2.75) is 270 Å². The lowest BCUT2D eigenvalue weighted by Gasteiger charge is -2.29. The molecule has 0 heterocycles. The Morgan fingerprint density at radius 2 is 0.875 bits per heavy atom. The lowest BCUT2D eigenvalue weighted by atomic mass is 10.0. The van der Waals surface area contributed by atoms with Crippen LogP contribution < -0.4 is 10.2 Å². The second-order valence-electron chi connectivity index (χ2n) is 19.9. The van der Waals surface area contributed by atoms with E-state index in [1.807, 2.05) is 27.2 Å². The molecule has 0 aliphatic heterocycles. The zero-order valence-corrected chi connectivity index (χ0v) is 43.9. The third kappa shape index (κ3) is 48.6. The predicted molar refractivity (Wildman–Crippen MR) is 275 cm³/mol. The highest BCUT2D eigenvalue weighted by Gasteiger charge is 2.23. The Morgan fingerprint density at radius 3 is 1.27 bits per heavy atom. The fourth-order valence-electron chi connectivity index (χ4n) is 7.99. The topological polar surface area (TPSA) is 108 Å². The van der Waals surface area contributed by atoms with Gasteiger partial charge in [0.1, 0.15) is 13.2 Å². The highest BCUT2D eigenvalue weighted by Crippen LogP contribution is 2.38. The van der Waals surface area contributed by atoms with Crippen LogP contribution in [0.3, 0.4) is 0 Å². The maximum absolute atomic E-state index is 12.9. The zero-order chi connectivity index (χ0) is 47.1. The molecular formula is C55H107N2O6P. The molecule has 0 aromatic rings. The molecule has 0 aliphatic rings. The third-order valence-corrected chi connectivity index (χ3v) is 13.3. The Balaban J connectivity index is 4.19. The van der Waals surface area contributed by atoms with Crippen LogP contribution in [0.15, 0.2) is 36.5 Å². The molecule has 2 N–H and O–H groups in total. The van der Waals surface area contributed by atoms with Gasteiger partial charge in [-0.05, 0) is 57.8 Å². The van der Waals surface area contributed by atoms with Gasteiger partial charge < -0.3 is 28.8 Å². The molecule has 3 atom stereocenters. The number of allylic oxidation sites excluding steroid dienone is 5. The quantitative estimate of drug-likeness (QED) is 0.0272. The van der Waals surface area contributed by atoms with Crippen LogP contribution in [0.25, 0.3) is 0 Å². The van der Waals surface area contributed by atoms with E-state index in [-0.39, 0.29) is 12.5 Å². The molecule has 1 amide bonds. The van der Waals surface area contributed by atoms with Crippen molar-refractivity contribution >= 4 is 13.7 Å². The van der Waals surface area contributed by atoms with Gasteiger partial charge in [0.25, 0.3) is 7.82 Å². The van der Waals surface area contributed by atoms with Crippen LogP contribution in [0, 0.1) is 0 Å². The van der Waals surface area contributed by atoms with Crippen molar-refractivity contribution in [3.63, 3.8) is 0 Å². The standard InChI is InChI=1S/C55H107N2O6P/c1-6-8-10-12-14-16-18-20-22-23-24-25-26-27-28-29-30-31-32-33-35-37-39-41-43-45-47-49-55(59)56-53(52-63-64(60,61)62-51-50-57(3,4)5)54(58)48-46-44-42-40-38-36-34-21-19-17-15-13-11-9-7-2/h27-28,38,40,46,48,53-54,58H,6-26,29-37,39,41-45,47,49-52H2,1-5H3,(H-,56,59,60,61)/b28-27-,40-38+,48-46+. The van der Waals surface area contributed by atoms with Crippen molar-refractivity contribution in [2.24, 2.45) is 0 Å². The van der Waals surface area contributed by atoms with Crippen LogP contribution in [0.4, 0.5) is 0 Å². The van der Waals surface area contributed by atoms with E-state index in [0.717, 1.165) is 38.5 Å². The summed E-state index contributed by atoms with van der Waals surface area (Å²) in [7, 11) is 1.25. The lowest BCUT2D eigenvalue weighted by Crippen LogP contribution is -2.45. The van der Waals surface area contributed by atoms with E-state index in [2.05, 4.69) is 43.5 Å². The SMILES string of the molecule is CCCCCCCCCCC/C=C/CC/C=C/C(O)C(COP(=O)([O-])OCC[N+](C)(C)C)NC(=O)CCCCCCCCCCCCC/C=C\CCCCCCCCCCCCCC. The Bertz CT molecular complexity index is 1140. The van der Waals surface area contributed by atoms with E-state index in [4.69, 9.17) is 9.05 Å². The predicted octanol–water partition coefficient (Wildman–Crippen LogP) is 15.6. The average Bonchev–Trinajstić information content (AvgIpc) is 3.25. The van der Waals surface area contributed by atoms with E-state index in [1.54, 1.807) is 6.08 Å². The van der Waals surface area contributed by atoms with Gasteiger partial charge >= 0.3 is 0 Å². The van der Waals surface area contributed by atoms with E-state index < -0.39 is 26.6 Å². The van der Waals surface area contributed by atoms with Crippen molar-refractivity contribution < 1.29 is 32.9 Å². The molecule has 0 aromatic carbocycles. The minimum absolute atomic E-state index is 0.00591. The first-order valence-corrected chi connectivity index (χ1v) is 28.8. The second-order valence-corrected chi connectivity index (χ2v) is 21.3. The number of phosphoric acid groups is 1. The number of nitrogens with zero attached hydrogens (tertiary/aromatic N) is 1. The van der Waals surface area contributed by atoms with Crippen LogP contribution in [-0.2, 0) is 18.4 Å². The number of carbonyl (C=O) groups is 1. The zero-order valence-electron chi connectivity index (χ0n) is 43.0. The van der Waals surface area contributed by atoms with E-state index in [1.165, 1.54) is 199 Å². The number of rotatable bonds is 50. The number of amides is 1. The molecule has 0 bridgehead atoms. The highest BCUT2D eigenvalue weighted by molar-refractivity contribution is 7.45. The van der Waals surface area contributed by atoms with Crippen LogP contribution in [0.2, 0.25) is 0 Å². The number of nitrogens with one attached hydrogen (secondary N) is 1. The van der Waals surface area contributed by atoms with Crippen LogP contribution >= 0.6 is 7.82 Å².